The summed E-state index contributed by atoms with van der Waals surface area (Å²) < 4.78 is 13.9. The minimum absolute atomic E-state index is 0.0278. The van der Waals surface area contributed by atoms with E-state index < -0.39 is 35.0 Å². The molecule has 1 aromatic carbocycles. The number of aliphatic hydroxyl groups excluding tert-OH is 6. The Morgan fingerprint density at radius 1 is 0.571 bits per heavy atom. The maximum Gasteiger partial charge on any atom is 0.336 e. The number of aromatic carboxylic acids is 3. The van der Waals surface area contributed by atoms with Gasteiger partial charge in [0.1, 0.15) is 0 Å². The van der Waals surface area contributed by atoms with Gasteiger partial charge in [-0.1, -0.05) is 6.58 Å². The molecule has 0 aliphatic rings. The van der Waals surface area contributed by atoms with E-state index in [2.05, 4.69) is 20.8 Å². The fourth-order valence-electron chi connectivity index (χ4n) is 1.73. The van der Waals surface area contributed by atoms with E-state index in [-0.39, 0.29) is 50.8 Å². The van der Waals surface area contributed by atoms with Crippen LogP contribution in [0.25, 0.3) is 0 Å². The predicted octanol–water partition coefficient (Wildman–Crippen LogP) is -1.61. The number of aliphatic carboxylic acids is 1. The van der Waals surface area contributed by atoms with Crippen molar-refractivity contribution in [1.29, 1.82) is 0 Å². The van der Waals surface area contributed by atoms with Gasteiger partial charge < -0.3 is 65.3 Å². The quantitative estimate of drug-likeness (QED) is 0.0739. The van der Waals surface area contributed by atoms with Gasteiger partial charge in [-0.05, 0) is 25.1 Å². The van der Waals surface area contributed by atoms with Gasteiger partial charge in [0, 0.05) is 5.57 Å². The highest BCUT2D eigenvalue weighted by atomic mass is 16.5. The van der Waals surface area contributed by atoms with Gasteiger partial charge in [-0.25, -0.2) is 19.2 Å². The number of benzene rings is 1. The fourth-order valence-corrected chi connectivity index (χ4v) is 1.73. The monoisotopic (exact) mass is 614 g/mol. The van der Waals surface area contributed by atoms with Gasteiger partial charge in [0.05, 0.1) is 96.0 Å². The maximum atomic E-state index is 10.6. The molecule has 0 saturated heterocycles. The van der Waals surface area contributed by atoms with Crippen LogP contribution in [0.4, 0.5) is 0 Å². The number of carbonyl (C=O) groups is 4. The molecule has 0 fully saturated rings. The Balaban J connectivity index is -0.000000230. The van der Waals surface area contributed by atoms with E-state index in [1.165, 1.54) is 6.92 Å². The van der Waals surface area contributed by atoms with E-state index in [1.807, 2.05) is 0 Å². The van der Waals surface area contributed by atoms with Crippen LogP contribution in [0.1, 0.15) is 38.0 Å². The summed E-state index contributed by atoms with van der Waals surface area (Å²) in [5.41, 5.74) is -1.07. The van der Waals surface area contributed by atoms with Crippen molar-refractivity contribution in [1.82, 2.24) is 0 Å². The molecule has 244 valence electrons. The smallest absolute Gasteiger partial charge is 0.336 e. The number of hydrogen-bond acceptors (Lipinski definition) is 13. The maximum absolute atomic E-state index is 10.6. The summed E-state index contributed by atoms with van der Waals surface area (Å²) in [4.78, 5) is 41.4. The molecule has 0 aliphatic heterocycles. The van der Waals surface area contributed by atoms with E-state index >= 15 is 0 Å². The van der Waals surface area contributed by atoms with Gasteiger partial charge in [0.15, 0.2) is 0 Å². The molecular formula is C25H42O17. The molecule has 0 atom stereocenters. The second-order valence-electron chi connectivity index (χ2n) is 6.94. The molecule has 1 aromatic rings. The van der Waals surface area contributed by atoms with Gasteiger partial charge in [-0.15, -0.1) is 0 Å². The number of aliphatic hydroxyl groups is 6. The van der Waals surface area contributed by atoms with Crippen LogP contribution in [-0.2, 0) is 19.0 Å². The predicted molar refractivity (Wildman–Crippen MR) is 145 cm³/mol. The molecule has 0 radical (unpaired) electrons. The molecule has 10 N–H and O–H groups in total. The fraction of sp³-hybridized carbons (Fsp3) is 0.520. The Hall–Kier alpha value is -3.52. The topological polar surface area (TPSA) is 298 Å². The lowest BCUT2D eigenvalue weighted by Gasteiger charge is -2.02. The Bertz CT molecular complexity index is 810. The van der Waals surface area contributed by atoms with Crippen molar-refractivity contribution in [2.45, 2.75) is 6.92 Å². The highest BCUT2D eigenvalue weighted by molar-refractivity contribution is 6.03. The minimum Gasteiger partial charge on any atom is -0.478 e. The van der Waals surface area contributed by atoms with E-state index in [0.717, 1.165) is 18.2 Å². The number of carboxylic acids is 4. The van der Waals surface area contributed by atoms with E-state index in [1.54, 1.807) is 0 Å². The molecular weight excluding hydrogens is 572 g/mol. The molecule has 0 saturated carbocycles. The normalized spacial score (nSPS) is 9.21. The molecule has 42 heavy (non-hydrogen) atoms. The molecule has 1 rings (SSSR count). The Morgan fingerprint density at radius 2 is 0.857 bits per heavy atom. The number of ether oxygens (including phenoxy) is 3. The minimum atomic E-state index is -1.48. The van der Waals surface area contributed by atoms with Crippen molar-refractivity contribution in [3.8, 4) is 0 Å². The average Bonchev–Trinajstić information content (AvgIpc) is 2.95. The van der Waals surface area contributed by atoms with Crippen LogP contribution < -0.4 is 0 Å². The van der Waals surface area contributed by atoms with Crippen molar-refractivity contribution < 1.29 is 84.5 Å². The first-order valence-electron chi connectivity index (χ1n) is 11.9. The summed E-state index contributed by atoms with van der Waals surface area (Å²) in [6, 6.07) is 2.81. The van der Waals surface area contributed by atoms with Crippen LogP contribution in [0.15, 0.2) is 30.4 Å². The van der Waals surface area contributed by atoms with Crippen molar-refractivity contribution in [2.75, 3.05) is 79.3 Å². The second-order valence-corrected chi connectivity index (χ2v) is 6.94. The zero-order valence-electron chi connectivity index (χ0n) is 23.3. The summed E-state index contributed by atoms with van der Waals surface area (Å²) in [5.74, 6) is -5.13. The van der Waals surface area contributed by atoms with E-state index in [0.29, 0.717) is 39.6 Å². The molecule has 0 amide bonds. The molecule has 0 spiro atoms. The lowest BCUT2D eigenvalue weighted by Crippen LogP contribution is -2.10. The van der Waals surface area contributed by atoms with Crippen molar-refractivity contribution >= 4 is 23.9 Å². The SMILES string of the molecule is C=C(C)C(=O)O.O=C(O)c1ccc(C(=O)O)c(C(=O)O)c1.OCCOCCO.OCCOCCO.OCCOCCO. The third-order valence-electron chi connectivity index (χ3n) is 3.51. The number of hydrogen-bond donors (Lipinski definition) is 10. The van der Waals surface area contributed by atoms with Crippen molar-refractivity contribution in [3.63, 3.8) is 0 Å². The molecule has 0 aliphatic carbocycles. The zero-order valence-corrected chi connectivity index (χ0v) is 23.3. The number of rotatable bonds is 16. The summed E-state index contributed by atoms with van der Waals surface area (Å²) in [6.07, 6.45) is 0. The molecule has 0 bridgehead atoms. The van der Waals surface area contributed by atoms with Crippen LogP contribution in [0, 0.1) is 0 Å². The Morgan fingerprint density at radius 3 is 1.05 bits per heavy atom. The molecule has 0 heterocycles. The van der Waals surface area contributed by atoms with Gasteiger partial charge in [-0.3, -0.25) is 0 Å². The summed E-state index contributed by atoms with van der Waals surface area (Å²) in [5, 5.41) is 82.3. The van der Waals surface area contributed by atoms with Gasteiger partial charge >= 0.3 is 23.9 Å². The first-order valence-corrected chi connectivity index (χ1v) is 11.9. The lowest BCUT2D eigenvalue weighted by molar-refractivity contribution is -0.132. The van der Waals surface area contributed by atoms with Crippen molar-refractivity contribution in [2.24, 2.45) is 0 Å². The molecule has 0 aromatic heterocycles. The van der Waals surface area contributed by atoms with E-state index in [4.69, 9.17) is 51.1 Å². The summed E-state index contributed by atoms with van der Waals surface area (Å²) in [7, 11) is 0. The van der Waals surface area contributed by atoms with Gasteiger partial charge in [0.2, 0.25) is 0 Å². The highest BCUT2D eigenvalue weighted by Crippen LogP contribution is 2.12. The molecule has 0 unspecified atom stereocenters. The summed E-state index contributed by atoms with van der Waals surface area (Å²) >= 11 is 0. The molecule has 17 heteroatoms. The molecule has 17 nitrogen and oxygen atoms in total. The largest absolute Gasteiger partial charge is 0.478 e. The second kappa shape index (κ2) is 33.7. The third-order valence-corrected chi connectivity index (χ3v) is 3.51. The Kier molecular flexibility index (Phi) is 36.5. The Labute approximate surface area is 242 Å². The van der Waals surface area contributed by atoms with Gasteiger partial charge in [-0.2, -0.15) is 0 Å². The van der Waals surface area contributed by atoms with Crippen LogP contribution >= 0.6 is 0 Å². The van der Waals surface area contributed by atoms with Crippen LogP contribution in [0.2, 0.25) is 0 Å². The standard InChI is InChI=1S/C9H6O6.3C4H10O3.C4H6O2/c10-7(11)4-1-2-5(8(12)13)6(3-4)9(14)15;3*5-1-3-7-4-2-6;1-3(2)4(5)6/h1-3H,(H,10,11)(H,12,13)(H,14,15);3*5-6H,1-4H2;1H2,2H3,(H,5,6). The third kappa shape index (κ3) is 32.7. The van der Waals surface area contributed by atoms with Crippen LogP contribution in [0.5, 0.6) is 0 Å². The van der Waals surface area contributed by atoms with Crippen LogP contribution in [0.3, 0.4) is 0 Å². The zero-order chi connectivity index (χ0) is 33.3. The lowest BCUT2D eigenvalue weighted by atomic mass is 10.0. The highest BCUT2D eigenvalue weighted by Gasteiger charge is 2.17. The average molecular weight is 615 g/mol. The van der Waals surface area contributed by atoms with Gasteiger partial charge in [0.25, 0.3) is 0 Å². The van der Waals surface area contributed by atoms with E-state index in [9.17, 15) is 19.2 Å². The first kappa shape index (κ1) is 45.5. The summed E-state index contributed by atoms with van der Waals surface area (Å²) in [6.45, 7) is 6.69. The van der Waals surface area contributed by atoms with Crippen LogP contribution in [-0.4, -0.2) is 154 Å². The first-order chi connectivity index (χ1) is 19.8. The van der Waals surface area contributed by atoms with Crippen molar-refractivity contribution in [3.05, 3.63) is 47.0 Å². The number of carboxylic acid groups (broad SMARTS) is 4.